The van der Waals surface area contributed by atoms with E-state index < -0.39 is 0 Å². The molecule has 0 amide bonds. The van der Waals surface area contributed by atoms with Gasteiger partial charge in [-0.2, -0.15) is 0 Å². The molecule has 3 aromatic rings. The van der Waals surface area contributed by atoms with Crippen molar-refractivity contribution in [3.63, 3.8) is 0 Å². The molecule has 3 heterocycles. The number of aliphatic hydroxyl groups excluding tert-OH is 1. The van der Waals surface area contributed by atoms with E-state index in [0.29, 0.717) is 18.1 Å². The molecule has 1 saturated heterocycles. The third-order valence-corrected chi connectivity index (χ3v) is 6.21. The van der Waals surface area contributed by atoms with Crippen molar-refractivity contribution in [2.24, 2.45) is 0 Å². The molecular weight excluding hydrogens is 408 g/mol. The fourth-order valence-corrected chi connectivity index (χ4v) is 4.79. The number of pyridine rings is 1. The molecule has 2 aromatic heterocycles. The number of methoxy groups -OCH3 is 1. The van der Waals surface area contributed by atoms with Crippen LogP contribution in [0.3, 0.4) is 0 Å². The van der Waals surface area contributed by atoms with E-state index in [2.05, 4.69) is 45.7 Å². The summed E-state index contributed by atoms with van der Waals surface area (Å²) in [6.45, 7) is 5.06. The van der Waals surface area contributed by atoms with Crippen molar-refractivity contribution in [1.82, 2.24) is 19.8 Å². The van der Waals surface area contributed by atoms with Gasteiger partial charge in [0.15, 0.2) is 5.11 Å². The number of nitrogens with one attached hydrogen (secondary N) is 1. The molecule has 0 radical (unpaired) electrons. The molecule has 1 aromatic carbocycles. The Balaban J connectivity index is 1.81. The third kappa shape index (κ3) is 4.03. The maximum absolute atomic E-state index is 9.43. The van der Waals surface area contributed by atoms with Gasteiger partial charge in [0.25, 0.3) is 0 Å². The zero-order valence-electron chi connectivity index (χ0n) is 18.1. The second kappa shape index (κ2) is 9.08. The molecule has 4 rings (SSSR count). The molecule has 7 heteroatoms. The lowest BCUT2D eigenvalue weighted by atomic mass is 9.96. The Morgan fingerprint density at radius 2 is 2.00 bits per heavy atom. The normalized spacial score (nSPS) is 18.3. The first-order valence-electron chi connectivity index (χ1n) is 10.5. The molecule has 1 aliphatic heterocycles. The summed E-state index contributed by atoms with van der Waals surface area (Å²) < 4.78 is 7.68. The molecule has 162 valence electrons. The number of hydrogen-bond donors (Lipinski definition) is 2. The second-order valence-electron chi connectivity index (χ2n) is 7.76. The van der Waals surface area contributed by atoms with E-state index in [-0.39, 0.29) is 18.7 Å². The largest absolute Gasteiger partial charge is 0.497 e. The quantitative estimate of drug-likeness (QED) is 0.549. The van der Waals surface area contributed by atoms with Crippen molar-refractivity contribution in [3.8, 4) is 11.4 Å². The van der Waals surface area contributed by atoms with Gasteiger partial charge in [-0.15, -0.1) is 0 Å². The zero-order valence-corrected chi connectivity index (χ0v) is 18.9. The molecule has 0 aliphatic carbocycles. The van der Waals surface area contributed by atoms with E-state index in [4.69, 9.17) is 17.0 Å². The van der Waals surface area contributed by atoms with Crippen molar-refractivity contribution in [2.45, 2.75) is 32.4 Å². The minimum absolute atomic E-state index is 0.0143. The van der Waals surface area contributed by atoms with Crippen LogP contribution in [0.4, 0.5) is 0 Å². The predicted octanol–water partition coefficient (Wildman–Crippen LogP) is 3.85. The average molecular weight is 437 g/mol. The fraction of sp³-hybridized carbons (Fsp3) is 0.333. The predicted molar refractivity (Wildman–Crippen MR) is 126 cm³/mol. The summed E-state index contributed by atoms with van der Waals surface area (Å²) in [4.78, 5) is 6.79. The third-order valence-electron chi connectivity index (χ3n) is 5.86. The number of aromatic nitrogens is 2. The number of hydrogen-bond acceptors (Lipinski definition) is 4. The molecule has 0 spiro atoms. The van der Waals surface area contributed by atoms with Gasteiger partial charge in [-0.25, -0.2) is 0 Å². The topological polar surface area (TPSA) is 62.5 Å². The number of aliphatic hydroxyl groups is 1. The van der Waals surface area contributed by atoms with Crippen LogP contribution < -0.4 is 10.1 Å². The summed E-state index contributed by atoms with van der Waals surface area (Å²) in [7, 11) is 1.68. The highest BCUT2D eigenvalue weighted by Crippen LogP contribution is 2.41. The number of aryl methyl sites for hydroxylation is 1. The van der Waals surface area contributed by atoms with Crippen molar-refractivity contribution in [2.75, 3.05) is 20.3 Å². The summed E-state index contributed by atoms with van der Waals surface area (Å²) in [5.74, 6) is 0.825. The smallest absolute Gasteiger partial charge is 0.170 e. The Morgan fingerprint density at radius 3 is 2.71 bits per heavy atom. The molecule has 31 heavy (non-hydrogen) atoms. The standard InChI is InChI=1S/C24H28N4O2S/c1-16-14-20(17(2)28(16)18-8-6-9-19(15-18)30-3)23-22(21-10-4-5-11-25-21)26-24(31)27(23)12-7-13-29/h4-6,8-11,14-15,22-23,29H,7,12-13H2,1-3H3,(H,26,31)/t22-,23-/m0/s1. The van der Waals surface area contributed by atoms with Crippen molar-refractivity contribution in [3.05, 3.63) is 77.4 Å². The van der Waals surface area contributed by atoms with Crippen LogP contribution in [0.25, 0.3) is 5.69 Å². The monoisotopic (exact) mass is 436 g/mol. The lowest BCUT2D eigenvalue weighted by molar-refractivity contribution is 0.247. The lowest BCUT2D eigenvalue weighted by Crippen LogP contribution is -2.31. The second-order valence-corrected chi connectivity index (χ2v) is 8.15. The number of nitrogens with zero attached hydrogens (tertiary/aromatic N) is 3. The van der Waals surface area contributed by atoms with Crippen LogP contribution in [-0.2, 0) is 0 Å². The van der Waals surface area contributed by atoms with Crippen LogP contribution in [0.5, 0.6) is 5.75 Å². The Morgan fingerprint density at radius 1 is 1.16 bits per heavy atom. The lowest BCUT2D eigenvalue weighted by Gasteiger charge is -2.28. The molecule has 2 N–H and O–H groups in total. The Kier molecular flexibility index (Phi) is 6.25. The summed E-state index contributed by atoms with van der Waals surface area (Å²) in [5, 5.41) is 13.6. The highest BCUT2D eigenvalue weighted by molar-refractivity contribution is 7.80. The Labute approximate surface area is 188 Å². The van der Waals surface area contributed by atoms with E-state index in [1.807, 2.05) is 42.6 Å². The van der Waals surface area contributed by atoms with Gasteiger partial charge in [-0.1, -0.05) is 12.1 Å². The van der Waals surface area contributed by atoms with Crippen LogP contribution in [0.15, 0.2) is 54.7 Å². The summed E-state index contributed by atoms with van der Waals surface area (Å²) in [5.41, 5.74) is 5.50. The Bertz CT molecular complexity index is 1070. The SMILES string of the molecule is COc1cccc(-n2c(C)cc([C@H]3[C@H](c4ccccn4)NC(=S)N3CCCO)c2C)c1. The number of thiocarbonyl (C=S) groups is 1. The first kappa shape index (κ1) is 21.3. The molecule has 0 unspecified atom stereocenters. The molecule has 0 bridgehead atoms. The van der Waals surface area contributed by atoms with Gasteiger partial charge in [-0.3, -0.25) is 4.98 Å². The fourth-order valence-electron chi connectivity index (χ4n) is 4.46. The average Bonchev–Trinajstić information content (AvgIpc) is 3.27. The summed E-state index contributed by atoms with van der Waals surface area (Å²) >= 11 is 5.70. The van der Waals surface area contributed by atoms with Gasteiger partial charge < -0.3 is 24.6 Å². The van der Waals surface area contributed by atoms with Gasteiger partial charge in [-0.05, 0) is 68.4 Å². The van der Waals surface area contributed by atoms with E-state index in [0.717, 1.165) is 28.5 Å². The summed E-state index contributed by atoms with van der Waals surface area (Å²) in [6.07, 6.45) is 2.47. The van der Waals surface area contributed by atoms with E-state index in [1.165, 1.54) is 5.56 Å². The minimum Gasteiger partial charge on any atom is -0.497 e. The zero-order chi connectivity index (χ0) is 22.0. The van der Waals surface area contributed by atoms with E-state index in [1.54, 1.807) is 7.11 Å². The van der Waals surface area contributed by atoms with Crippen LogP contribution in [-0.4, -0.2) is 44.9 Å². The van der Waals surface area contributed by atoms with Crippen molar-refractivity contribution in [1.29, 1.82) is 0 Å². The molecule has 6 nitrogen and oxygen atoms in total. The number of benzene rings is 1. The van der Waals surface area contributed by atoms with E-state index in [9.17, 15) is 5.11 Å². The minimum atomic E-state index is -0.0633. The van der Waals surface area contributed by atoms with Gasteiger partial charge in [0, 0.05) is 42.5 Å². The number of rotatable bonds is 7. The highest BCUT2D eigenvalue weighted by atomic mass is 32.1. The van der Waals surface area contributed by atoms with Crippen LogP contribution in [0.2, 0.25) is 0 Å². The van der Waals surface area contributed by atoms with Crippen LogP contribution in [0.1, 0.15) is 41.1 Å². The Hall–Kier alpha value is -2.90. The van der Waals surface area contributed by atoms with Gasteiger partial charge in [0.05, 0.1) is 24.9 Å². The molecule has 2 atom stereocenters. The van der Waals surface area contributed by atoms with Crippen molar-refractivity contribution >= 4 is 17.3 Å². The summed E-state index contributed by atoms with van der Waals surface area (Å²) in [6, 6.07) is 16.2. The van der Waals surface area contributed by atoms with Gasteiger partial charge in [0.2, 0.25) is 0 Å². The van der Waals surface area contributed by atoms with Crippen LogP contribution >= 0.6 is 12.2 Å². The van der Waals surface area contributed by atoms with Crippen molar-refractivity contribution < 1.29 is 9.84 Å². The highest BCUT2D eigenvalue weighted by Gasteiger charge is 2.41. The first-order chi connectivity index (χ1) is 15.0. The molecular formula is C24H28N4O2S. The molecule has 1 aliphatic rings. The van der Waals surface area contributed by atoms with Crippen LogP contribution in [0, 0.1) is 13.8 Å². The van der Waals surface area contributed by atoms with Gasteiger partial charge >= 0.3 is 0 Å². The molecule has 0 saturated carbocycles. The maximum Gasteiger partial charge on any atom is 0.170 e. The number of ether oxygens (including phenoxy) is 1. The maximum atomic E-state index is 9.43. The molecule has 1 fully saturated rings. The van der Waals surface area contributed by atoms with E-state index >= 15 is 0 Å². The first-order valence-corrected chi connectivity index (χ1v) is 10.9. The van der Waals surface area contributed by atoms with Gasteiger partial charge in [0.1, 0.15) is 5.75 Å².